The smallest absolute Gasteiger partial charge is 0.317 e. The zero-order valence-corrected chi connectivity index (χ0v) is 12.7. The van der Waals surface area contributed by atoms with E-state index in [4.69, 9.17) is 0 Å². The second kappa shape index (κ2) is 5.94. The van der Waals surface area contributed by atoms with Crippen LogP contribution in [0.2, 0.25) is 0 Å². The lowest BCUT2D eigenvalue weighted by molar-refractivity contribution is 0.106. The van der Waals surface area contributed by atoms with Crippen LogP contribution < -0.4 is 5.32 Å². The van der Waals surface area contributed by atoms with Crippen molar-refractivity contribution < 1.29 is 18.1 Å². The molecule has 0 spiro atoms. The van der Waals surface area contributed by atoms with Crippen LogP contribution in [0.15, 0.2) is 22.7 Å². The highest BCUT2D eigenvalue weighted by Gasteiger charge is 2.25. The van der Waals surface area contributed by atoms with Gasteiger partial charge in [-0.15, -0.1) is 0 Å². The highest BCUT2D eigenvalue weighted by molar-refractivity contribution is 5.74. The first kappa shape index (κ1) is 15.4. The maximum absolute atomic E-state index is 12.5. The number of alkyl halides is 2. The van der Waals surface area contributed by atoms with E-state index in [2.05, 4.69) is 20.0 Å². The number of hydrogen-bond acceptors (Lipinski definition) is 4. The zero-order valence-electron chi connectivity index (χ0n) is 12.7. The Balaban J connectivity index is 1.82. The Kier molecular flexibility index (Phi) is 3.97. The number of hydrogen-bond donors (Lipinski definition) is 1. The first-order valence-electron chi connectivity index (χ1n) is 7.18. The van der Waals surface area contributed by atoms with Crippen LogP contribution >= 0.6 is 0 Å². The fourth-order valence-electron chi connectivity index (χ4n) is 2.63. The molecular weight excluding hydrogens is 306 g/mol. The van der Waals surface area contributed by atoms with Crippen LogP contribution in [-0.4, -0.2) is 35.2 Å². The molecule has 0 unspecified atom stereocenters. The Hall–Kier alpha value is -2.51. The first-order valence-corrected chi connectivity index (χ1v) is 7.18. The number of halogens is 2. The van der Waals surface area contributed by atoms with Crippen molar-refractivity contribution in [2.24, 2.45) is 0 Å². The van der Waals surface area contributed by atoms with Crippen LogP contribution in [0.4, 0.5) is 13.6 Å². The molecule has 1 heterocycles. The van der Waals surface area contributed by atoms with Gasteiger partial charge < -0.3 is 14.7 Å². The molecule has 0 saturated heterocycles. The van der Waals surface area contributed by atoms with E-state index in [1.165, 1.54) is 4.90 Å². The second-order valence-corrected chi connectivity index (χ2v) is 5.61. The third kappa shape index (κ3) is 3.01. The number of aryl methyl sites for hydroxylation is 1. The summed E-state index contributed by atoms with van der Waals surface area (Å²) in [6.07, 6.45) is -1.19. The fourth-order valence-corrected chi connectivity index (χ4v) is 2.63. The van der Waals surface area contributed by atoms with E-state index < -0.39 is 12.3 Å². The second-order valence-electron chi connectivity index (χ2n) is 5.61. The Labute approximate surface area is 131 Å². The summed E-state index contributed by atoms with van der Waals surface area (Å²) >= 11 is 0. The number of carbonyl (C=O) groups is 1. The summed E-state index contributed by atoms with van der Waals surface area (Å²) in [5, 5.41) is 6.53. The molecule has 0 saturated carbocycles. The van der Waals surface area contributed by atoms with Crippen LogP contribution in [0.1, 0.15) is 35.9 Å². The average Bonchev–Trinajstić information content (AvgIpc) is 3.14. The molecule has 0 fully saturated rings. The van der Waals surface area contributed by atoms with Crippen molar-refractivity contribution in [2.75, 3.05) is 14.1 Å². The molecule has 23 heavy (non-hydrogen) atoms. The molecule has 122 valence electrons. The molecule has 0 aliphatic heterocycles. The largest absolute Gasteiger partial charge is 0.333 e. The third-order valence-electron chi connectivity index (χ3n) is 3.81. The van der Waals surface area contributed by atoms with Crippen molar-refractivity contribution in [3.8, 4) is 11.4 Å². The Morgan fingerprint density at radius 1 is 1.43 bits per heavy atom. The predicted octanol–water partition coefficient (Wildman–Crippen LogP) is 2.93. The molecular formula is C15H16F2N4O2. The molecule has 0 bridgehead atoms. The number of fused-ring (bicyclic) bond motifs is 1. The van der Waals surface area contributed by atoms with E-state index in [0.717, 1.165) is 24.0 Å². The molecule has 1 atom stereocenters. The Morgan fingerprint density at radius 3 is 2.87 bits per heavy atom. The fraction of sp³-hybridized carbons (Fsp3) is 0.400. The van der Waals surface area contributed by atoms with E-state index in [-0.39, 0.29) is 17.9 Å². The molecule has 2 amide bonds. The molecule has 0 radical (unpaired) electrons. The van der Waals surface area contributed by atoms with Gasteiger partial charge >= 0.3 is 12.5 Å². The van der Waals surface area contributed by atoms with Crippen molar-refractivity contribution in [3.05, 3.63) is 35.2 Å². The lowest BCUT2D eigenvalue weighted by Gasteiger charge is -2.18. The lowest BCUT2D eigenvalue weighted by atomic mass is 10.0. The van der Waals surface area contributed by atoms with Crippen molar-refractivity contribution in [3.63, 3.8) is 0 Å². The molecule has 8 heteroatoms. The van der Waals surface area contributed by atoms with E-state index >= 15 is 0 Å². The molecule has 1 aliphatic rings. The number of nitrogens with one attached hydrogen (secondary N) is 1. The number of aromatic nitrogens is 2. The van der Waals surface area contributed by atoms with Gasteiger partial charge in [0, 0.05) is 19.7 Å². The van der Waals surface area contributed by atoms with E-state index in [1.54, 1.807) is 20.2 Å². The van der Waals surface area contributed by atoms with Crippen LogP contribution in [-0.2, 0) is 6.42 Å². The van der Waals surface area contributed by atoms with Crippen molar-refractivity contribution in [1.82, 2.24) is 20.4 Å². The maximum atomic E-state index is 12.5. The minimum absolute atomic E-state index is 0.0455. The minimum atomic E-state index is -2.78. The summed E-state index contributed by atoms with van der Waals surface area (Å²) < 4.78 is 29.6. The summed E-state index contributed by atoms with van der Waals surface area (Å²) in [6.45, 7) is 0. The normalized spacial score (nSPS) is 16.5. The number of nitrogens with zero attached hydrogens (tertiary/aromatic N) is 3. The van der Waals surface area contributed by atoms with E-state index in [1.807, 2.05) is 12.1 Å². The van der Waals surface area contributed by atoms with Gasteiger partial charge in [-0.2, -0.15) is 13.8 Å². The van der Waals surface area contributed by atoms with Gasteiger partial charge in [0.25, 0.3) is 5.89 Å². The standard InChI is InChI=1S/C15H16F2N4O2/c1-21(2)15(22)18-11-6-4-8-7-9(3-5-10(8)11)13-19-14(12(16)17)23-20-13/h3,5,7,11-12H,4,6H2,1-2H3,(H,18,22)/t11-/m1/s1. The van der Waals surface area contributed by atoms with Crippen LogP contribution in [0.3, 0.4) is 0 Å². The summed E-state index contributed by atoms with van der Waals surface area (Å²) in [4.78, 5) is 17.0. The molecule has 1 aliphatic carbocycles. The van der Waals surface area contributed by atoms with Crippen molar-refractivity contribution in [2.45, 2.75) is 25.3 Å². The predicted molar refractivity (Wildman–Crippen MR) is 78.0 cm³/mol. The van der Waals surface area contributed by atoms with Gasteiger partial charge in [0.15, 0.2) is 0 Å². The average molecular weight is 322 g/mol. The van der Waals surface area contributed by atoms with E-state index in [9.17, 15) is 13.6 Å². The highest BCUT2D eigenvalue weighted by atomic mass is 19.3. The van der Waals surface area contributed by atoms with Gasteiger partial charge in [-0.3, -0.25) is 0 Å². The number of amides is 2. The maximum Gasteiger partial charge on any atom is 0.317 e. The topological polar surface area (TPSA) is 71.3 Å². The third-order valence-corrected chi connectivity index (χ3v) is 3.81. The number of rotatable bonds is 3. The molecule has 6 nitrogen and oxygen atoms in total. The van der Waals surface area contributed by atoms with Gasteiger partial charge in [-0.05, 0) is 30.0 Å². The van der Waals surface area contributed by atoms with Gasteiger partial charge in [-0.25, -0.2) is 4.79 Å². The van der Waals surface area contributed by atoms with Crippen LogP contribution in [0, 0.1) is 0 Å². The lowest BCUT2D eigenvalue weighted by Crippen LogP contribution is -2.36. The Morgan fingerprint density at radius 2 is 2.22 bits per heavy atom. The van der Waals surface area contributed by atoms with Gasteiger partial charge in [0.2, 0.25) is 5.82 Å². The summed E-state index contributed by atoms with van der Waals surface area (Å²) in [5.74, 6) is -0.541. The van der Waals surface area contributed by atoms with Crippen molar-refractivity contribution >= 4 is 6.03 Å². The summed E-state index contributed by atoms with van der Waals surface area (Å²) in [5.41, 5.74) is 2.70. The van der Waals surface area contributed by atoms with Gasteiger partial charge in [0.05, 0.1) is 6.04 Å². The molecule has 1 aromatic heterocycles. The quantitative estimate of drug-likeness (QED) is 0.943. The monoisotopic (exact) mass is 322 g/mol. The van der Waals surface area contributed by atoms with Gasteiger partial charge in [0.1, 0.15) is 0 Å². The number of urea groups is 1. The zero-order chi connectivity index (χ0) is 16.6. The summed E-state index contributed by atoms with van der Waals surface area (Å²) in [6, 6.07) is 5.29. The van der Waals surface area contributed by atoms with Crippen LogP contribution in [0.25, 0.3) is 11.4 Å². The molecule has 3 rings (SSSR count). The molecule has 1 aromatic carbocycles. The number of benzene rings is 1. The molecule has 2 aromatic rings. The number of carbonyl (C=O) groups excluding carboxylic acids is 1. The Bertz CT molecular complexity index is 730. The van der Waals surface area contributed by atoms with Crippen molar-refractivity contribution in [1.29, 1.82) is 0 Å². The molecule has 1 N–H and O–H groups in total. The van der Waals surface area contributed by atoms with E-state index in [0.29, 0.717) is 5.56 Å². The SMILES string of the molecule is CN(C)C(=O)N[C@@H]1CCc2cc(-c3noc(C(F)F)n3)ccc21. The summed E-state index contributed by atoms with van der Waals surface area (Å²) in [7, 11) is 3.37. The first-order chi connectivity index (χ1) is 11.0. The highest BCUT2D eigenvalue weighted by Crippen LogP contribution is 2.34. The van der Waals surface area contributed by atoms with Gasteiger partial charge in [-0.1, -0.05) is 17.3 Å². The van der Waals surface area contributed by atoms with Crippen LogP contribution in [0.5, 0.6) is 0 Å². The minimum Gasteiger partial charge on any atom is -0.333 e.